The molecule has 2 N–H and O–H groups in total. The lowest BCUT2D eigenvalue weighted by molar-refractivity contribution is 0.302. The van der Waals surface area contributed by atoms with E-state index in [1.165, 1.54) is 0 Å². The van der Waals surface area contributed by atoms with Gasteiger partial charge >= 0.3 is 0 Å². The smallest absolute Gasteiger partial charge is 0.123 e. The lowest BCUT2D eigenvalue weighted by Crippen LogP contribution is -2.03. The molecular formula is C16H16BrCl2NO. The lowest BCUT2D eigenvalue weighted by atomic mass is 10.1. The van der Waals surface area contributed by atoms with Crippen molar-refractivity contribution in [3.63, 3.8) is 0 Å². The summed E-state index contributed by atoms with van der Waals surface area (Å²) in [6, 6.07) is 11.5. The van der Waals surface area contributed by atoms with Gasteiger partial charge in [-0.25, -0.2) is 0 Å². The number of aryl methyl sites for hydroxylation is 1. The minimum atomic E-state index is 0.453. The van der Waals surface area contributed by atoms with E-state index >= 15 is 0 Å². The van der Waals surface area contributed by atoms with Crippen molar-refractivity contribution in [2.75, 3.05) is 6.54 Å². The average Bonchev–Trinajstić information content (AvgIpc) is 2.47. The summed E-state index contributed by atoms with van der Waals surface area (Å²) in [5, 5.41) is 1.09. The Morgan fingerprint density at radius 1 is 1.05 bits per heavy atom. The first kappa shape index (κ1) is 16.6. The van der Waals surface area contributed by atoms with Crippen molar-refractivity contribution in [1.82, 2.24) is 0 Å². The van der Waals surface area contributed by atoms with Crippen LogP contribution in [-0.2, 0) is 13.0 Å². The number of hydrogen-bond acceptors (Lipinski definition) is 2. The quantitative estimate of drug-likeness (QED) is 0.735. The fourth-order valence-corrected chi connectivity index (χ4v) is 2.70. The van der Waals surface area contributed by atoms with Gasteiger partial charge in [0, 0.05) is 4.47 Å². The van der Waals surface area contributed by atoms with Crippen molar-refractivity contribution in [3.05, 3.63) is 62.0 Å². The van der Waals surface area contributed by atoms with E-state index in [0.717, 1.165) is 34.2 Å². The van der Waals surface area contributed by atoms with Gasteiger partial charge in [-0.3, -0.25) is 0 Å². The van der Waals surface area contributed by atoms with E-state index in [1.807, 2.05) is 24.3 Å². The number of nitrogens with two attached hydrogens (primary N) is 1. The van der Waals surface area contributed by atoms with E-state index in [-0.39, 0.29) is 0 Å². The molecule has 21 heavy (non-hydrogen) atoms. The summed E-state index contributed by atoms with van der Waals surface area (Å²) in [6.07, 6.45) is 1.83. The van der Waals surface area contributed by atoms with Gasteiger partial charge in [0.25, 0.3) is 0 Å². The molecule has 2 aromatic carbocycles. The zero-order chi connectivity index (χ0) is 15.2. The minimum Gasteiger partial charge on any atom is -0.489 e. The Balaban J connectivity index is 2.09. The van der Waals surface area contributed by atoms with Crippen LogP contribution in [0.15, 0.2) is 40.9 Å². The third-order valence-corrected chi connectivity index (χ3v) is 4.28. The topological polar surface area (TPSA) is 35.2 Å². The van der Waals surface area contributed by atoms with E-state index in [1.54, 1.807) is 6.07 Å². The van der Waals surface area contributed by atoms with Gasteiger partial charge in [0.1, 0.15) is 12.4 Å². The van der Waals surface area contributed by atoms with E-state index in [9.17, 15) is 0 Å². The first-order valence-corrected chi connectivity index (χ1v) is 8.20. The predicted molar refractivity (Wildman–Crippen MR) is 92.3 cm³/mol. The van der Waals surface area contributed by atoms with Crippen LogP contribution in [-0.4, -0.2) is 6.54 Å². The molecule has 2 rings (SSSR count). The van der Waals surface area contributed by atoms with Gasteiger partial charge in [0.2, 0.25) is 0 Å². The molecule has 0 aliphatic heterocycles. The van der Waals surface area contributed by atoms with Crippen molar-refractivity contribution in [1.29, 1.82) is 0 Å². The standard InChI is InChI=1S/C16H16BrCl2NO/c17-13-4-6-16(12(9-13)2-1-7-20)21-10-11-3-5-14(18)15(19)8-11/h3-6,8-9H,1-2,7,10,20H2. The van der Waals surface area contributed by atoms with E-state index in [2.05, 4.69) is 22.0 Å². The van der Waals surface area contributed by atoms with Crippen LogP contribution in [0.4, 0.5) is 0 Å². The summed E-state index contributed by atoms with van der Waals surface area (Å²) in [4.78, 5) is 0. The molecule has 0 bridgehead atoms. The molecule has 112 valence electrons. The molecule has 0 amide bonds. The molecule has 2 nitrogen and oxygen atoms in total. The van der Waals surface area contributed by atoms with Crippen molar-refractivity contribution < 1.29 is 4.74 Å². The molecule has 0 saturated carbocycles. The van der Waals surface area contributed by atoms with Crippen LogP contribution in [0.25, 0.3) is 0 Å². The zero-order valence-corrected chi connectivity index (χ0v) is 14.5. The summed E-state index contributed by atoms with van der Waals surface area (Å²) >= 11 is 15.4. The van der Waals surface area contributed by atoms with Gasteiger partial charge in [0.05, 0.1) is 10.0 Å². The molecule has 0 unspecified atom stereocenters. The summed E-state index contributed by atoms with van der Waals surface area (Å²) in [7, 11) is 0. The summed E-state index contributed by atoms with van der Waals surface area (Å²) in [5.74, 6) is 0.873. The Kier molecular flexibility index (Phi) is 6.37. The fourth-order valence-electron chi connectivity index (χ4n) is 1.97. The summed E-state index contributed by atoms with van der Waals surface area (Å²) in [6.45, 7) is 1.12. The van der Waals surface area contributed by atoms with Crippen molar-refractivity contribution in [3.8, 4) is 5.75 Å². The molecule has 5 heteroatoms. The second-order valence-electron chi connectivity index (χ2n) is 4.68. The third kappa shape index (κ3) is 4.89. The molecule has 0 radical (unpaired) electrons. The Morgan fingerprint density at radius 3 is 2.57 bits per heavy atom. The number of hydrogen-bond donors (Lipinski definition) is 1. The second kappa shape index (κ2) is 8.04. The highest BCUT2D eigenvalue weighted by atomic mass is 79.9. The van der Waals surface area contributed by atoms with Crippen LogP contribution in [0, 0.1) is 0 Å². The fraction of sp³-hybridized carbons (Fsp3) is 0.250. The van der Waals surface area contributed by atoms with Crippen molar-refractivity contribution >= 4 is 39.1 Å². The van der Waals surface area contributed by atoms with Crippen LogP contribution < -0.4 is 10.5 Å². The number of ether oxygens (including phenoxy) is 1. The van der Waals surface area contributed by atoms with Crippen LogP contribution >= 0.6 is 39.1 Å². The third-order valence-electron chi connectivity index (χ3n) is 3.05. The van der Waals surface area contributed by atoms with E-state index in [4.69, 9.17) is 33.7 Å². The second-order valence-corrected chi connectivity index (χ2v) is 6.41. The molecule has 2 aromatic rings. The van der Waals surface area contributed by atoms with Crippen LogP contribution in [0.1, 0.15) is 17.5 Å². The van der Waals surface area contributed by atoms with E-state index < -0.39 is 0 Å². The SMILES string of the molecule is NCCCc1cc(Br)ccc1OCc1ccc(Cl)c(Cl)c1. The average molecular weight is 389 g/mol. The van der Waals surface area contributed by atoms with Crippen LogP contribution in [0.2, 0.25) is 10.0 Å². The Bertz CT molecular complexity index is 619. The maximum Gasteiger partial charge on any atom is 0.123 e. The molecule has 0 aliphatic carbocycles. The first-order valence-electron chi connectivity index (χ1n) is 6.65. The molecule has 0 heterocycles. The van der Waals surface area contributed by atoms with Crippen LogP contribution in [0.3, 0.4) is 0 Å². The highest BCUT2D eigenvalue weighted by Gasteiger charge is 2.06. The maximum absolute atomic E-state index is 6.01. The molecular weight excluding hydrogens is 373 g/mol. The minimum absolute atomic E-state index is 0.453. The zero-order valence-electron chi connectivity index (χ0n) is 11.4. The summed E-state index contributed by atoms with van der Waals surface area (Å²) in [5.41, 5.74) is 7.71. The number of benzene rings is 2. The normalized spacial score (nSPS) is 10.7. The monoisotopic (exact) mass is 387 g/mol. The Hall–Kier alpha value is -0.740. The van der Waals surface area contributed by atoms with E-state index in [0.29, 0.717) is 23.2 Å². The number of halogens is 3. The van der Waals surface area contributed by atoms with Gasteiger partial charge in [-0.15, -0.1) is 0 Å². The predicted octanol–water partition coefficient (Wildman–Crippen LogP) is 5.23. The van der Waals surface area contributed by atoms with Crippen molar-refractivity contribution in [2.24, 2.45) is 5.73 Å². The van der Waals surface area contributed by atoms with Gasteiger partial charge in [0.15, 0.2) is 0 Å². The molecule has 0 aliphatic rings. The molecule has 0 aromatic heterocycles. The summed E-state index contributed by atoms with van der Waals surface area (Å²) < 4.78 is 6.95. The Labute approximate surface area is 143 Å². The highest BCUT2D eigenvalue weighted by Crippen LogP contribution is 2.27. The molecule has 0 fully saturated rings. The van der Waals surface area contributed by atoms with Gasteiger partial charge in [-0.1, -0.05) is 45.2 Å². The van der Waals surface area contributed by atoms with Gasteiger partial charge in [-0.2, -0.15) is 0 Å². The first-order chi connectivity index (χ1) is 10.1. The highest BCUT2D eigenvalue weighted by molar-refractivity contribution is 9.10. The van der Waals surface area contributed by atoms with Crippen molar-refractivity contribution in [2.45, 2.75) is 19.4 Å². The lowest BCUT2D eigenvalue weighted by Gasteiger charge is -2.12. The largest absolute Gasteiger partial charge is 0.489 e. The maximum atomic E-state index is 6.01. The van der Waals surface area contributed by atoms with Gasteiger partial charge in [-0.05, 0) is 60.8 Å². The molecule has 0 saturated heterocycles. The number of rotatable bonds is 6. The Morgan fingerprint density at radius 2 is 1.86 bits per heavy atom. The van der Waals surface area contributed by atoms with Crippen LogP contribution in [0.5, 0.6) is 5.75 Å². The van der Waals surface area contributed by atoms with Gasteiger partial charge < -0.3 is 10.5 Å². The molecule has 0 spiro atoms. The molecule has 0 atom stereocenters.